The van der Waals surface area contributed by atoms with Crippen LogP contribution in [0.25, 0.3) is 0 Å². The zero-order valence-electron chi connectivity index (χ0n) is 37.3. The van der Waals surface area contributed by atoms with Gasteiger partial charge in [-0.1, -0.05) is 99.5 Å². The Hall–Kier alpha value is -2.29. The highest BCUT2D eigenvalue weighted by molar-refractivity contribution is 14.1. The van der Waals surface area contributed by atoms with E-state index in [4.69, 9.17) is 9.47 Å². The highest BCUT2D eigenvalue weighted by atomic mass is 127. The highest BCUT2D eigenvalue weighted by Crippen LogP contribution is 2.67. The number of amides is 2. The maximum Gasteiger partial charge on any atom is 0.233 e. The van der Waals surface area contributed by atoms with Crippen LogP contribution in [0.3, 0.4) is 0 Å². The van der Waals surface area contributed by atoms with E-state index in [-0.39, 0.29) is 26.6 Å². The molecule has 6 unspecified atom stereocenters. The molecule has 2 heterocycles. The van der Waals surface area contributed by atoms with Gasteiger partial charge < -0.3 is 20.1 Å². The summed E-state index contributed by atoms with van der Waals surface area (Å²) in [5.41, 5.74) is 3.90. The number of hydrogen-bond acceptors (Lipinski definition) is 4. The van der Waals surface area contributed by atoms with Crippen molar-refractivity contribution in [2.24, 2.45) is 69.0 Å². The third-order valence-corrected chi connectivity index (χ3v) is 20.0. The maximum absolute atomic E-state index is 12.4. The van der Waals surface area contributed by atoms with Crippen LogP contribution in [0.15, 0.2) is 48.5 Å². The lowest BCUT2D eigenvalue weighted by atomic mass is 9.45. The Labute approximate surface area is 369 Å². The minimum Gasteiger partial charge on any atom is -0.490 e. The smallest absolute Gasteiger partial charge is 0.233 e. The van der Waals surface area contributed by atoms with Crippen LogP contribution in [0.1, 0.15) is 136 Å². The van der Waals surface area contributed by atoms with Crippen molar-refractivity contribution in [1.82, 2.24) is 10.6 Å². The van der Waals surface area contributed by atoms with Crippen LogP contribution in [-0.2, 0) is 9.59 Å². The quantitative estimate of drug-likeness (QED) is 0.237. The van der Waals surface area contributed by atoms with Gasteiger partial charge in [0, 0.05) is 18.5 Å². The molecule has 6 nitrogen and oxygen atoms in total. The van der Waals surface area contributed by atoms with E-state index in [0.29, 0.717) is 53.4 Å². The van der Waals surface area contributed by atoms with E-state index in [2.05, 4.69) is 137 Å². The predicted octanol–water partition coefficient (Wildman–Crippen LogP) is 11.4. The Morgan fingerprint density at radius 2 is 1.05 bits per heavy atom. The SMILES string of the molecule is Cc1ccc(O[C@H]2CC3C4C(CC[C@]3(C)C2)[C@@]2(C)CCC(=O)N[C@@H]2C[C@@H]4C)cc1.Cc1ccc(O[C@H]2CC3C4C(CC[C@]3(C)C2)[C@@]2(C)C[C@@H](I)C(=O)N[C@@H]2C[C@@H]4C)cc1. The van der Waals surface area contributed by atoms with E-state index in [0.717, 1.165) is 72.7 Å². The average molecular weight is 917 g/mol. The summed E-state index contributed by atoms with van der Waals surface area (Å²) in [7, 11) is 0. The molecule has 6 saturated carbocycles. The molecular weight excluding hydrogens is 843 g/mol. The summed E-state index contributed by atoms with van der Waals surface area (Å²) in [5, 5.41) is 6.79. The Balaban J connectivity index is 0.000000152. The molecule has 2 aromatic carbocycles. The molecule has 17 atom stereocenters. The first-order valence-electron chi connectivity index (χ1n) is 23.7. The lowest BCUT2D eigenvalue weighted by Crippen LogP contribution is -2.64. The molecule has 59 heavy (non-hydrogen) atoms. The molecule has 7 heteroatoms. The minimum absolute atomic E-state index is 0.118. The number of rotatable bonds is 4. The second-order valence-electron chi connectivity index (χ2n) is 22.7. The topological polar surface area (TPSA) is 76.7 Å². The fourth-order valence-electron chi connectivity index (χ4n) is 15.9. The van der Waals surface area contributed by atoms with Crippen molar-refractivity contribution in [2.75, 3.05) is 0 Å². The summed E-state index contributed by atoms with van der Waals surface area (Å²) in [6.45, 7) is 19.2. The number of hydrogen-bond donors (Lipinski definition) is 2. The monoisotopic (exact) mass is 916 g/mol. The molecule has 2 aliphatic heterocycles. The number of fused-ring (bicyclic) bond motifs is 10. The summed E-state index contributed by atoms with van der Waals surface area (Å²) in [6, 6.07) is 17.8. The Morgan fingerprint density at radius 3 is 1.54 bits per heavy atom. The number of piperidine rings is 2. The van der Waals surface area contributed by atoms with Gasteiger partial charge >= 0.3 is 0 Å². The minimum atomic E-state index is 0.118. The van der Waals surface area contributed by atoms with Gasteiger partial charge in [0.25, 0.3) is 0 Å². The molecule has 2 aromatic rings. The summed E-state index contributed by atoms with van der Waals surface area (Å²) in [5.74, 6) is 8.42. The molecule has 2 amide bonds. The summed E-state index contributed by atoms with van der Waals surface area (Å²) >= 11 is 2.37. The molecule has 0 aromatic heterocycles. The Morgan fingerprint density at radius 1 is 0.593 bits per heavy atom. The van der Waals surface area contributed by atoms with Crippen molar-refractivity contribution in [2.45, 2.75) is 167 Å². The van der Waals surface area contributed by atoms with Crippen LogP contribution >= 0.6 is 22.6 Å². The zero-order valence-corrected chi connectivity index (χ0v) is 39.5. The summed E-state index contributed by atoms with van der Waals surface area (Å²) in [6.07, 6.45) is 15.8. The zero-order chi connectivity index (χ0) is 41.6. The molecule has 10 rings (SSSR count). The number of alkyl halides is 1. The van der Waals surface area contributed by atoms with Gasteiger partial charge in [-0.2, -0.15) is 0 Å². The van der Waals surface area contributed by atoms with Crippen LogP contribution in [0.4, 0.5) is 0 Å². The molecule has 0 radical (unpaired) electrons. The summed E-state index contributed by atoms with van der Waals surface area (Å²) < 4.78 is 13.1. The van der Waals surface area contributed by atoms with E-state index in [1.54, 1.807) is 0 Å². The van der Waals surface area contributed by atoms with Gasteiger partial charge in [-0.3, -0.25) is 9.59 Å². The van der Waals surface area contributed by atoms with Gasteiger partial charge in [0.05, 0.1) is 16.1 Å². The number of carbonyl (C=O) groups is 2. The molecule has 2 saturated heterocycles. The lowest BCUT2D eigenvalue weighted by Gasteiger charge is -2.62. The van der Waals surface area contributed by atoms with Crippen LogP contribution < -0.4 is 20.1 Å². The van der Waals surface area contributed by atoms with Gasteiger partial charge in [0.1, 0.15) is 11.5 Å². The standard InChI is InChI=1S/C26H36INO2.C26H37NO2/c1-15-5-7-17(8-6-15)30-18-12-20-23-16(2)11-22-26(4,14-21(27)24(29)28-22)19(23)9-10-25(20,3)13-18;1-16-5-7-18(8-6-16)29-19-14-21-24-17(2)13-22-26(4,12-10-23(28)27-22)20(24)9-11-25(21,3)15-19/h5-8,16,18-23H,9-14H2,1-4H3,(H,28,29);5-8,17,19-22,24H,9-15H2,1-4H3,(H,27,28)/t16-,18-,19?,20?,21+,22+,23?,25+,26+;17-,19-,20?,21?,22+,24?,25+,26+/m00/s1. The van der Waals surface area contributed by atoms with Crippen molar-refractivity contribution in [3.63, 3.8) is 0 Å². The highest BCUT2D eigenvalue weighted by Gasteiger charge is 2.63. The van der Waals surface area contributed by atoms with Crippen molar-refractivity contribution >= 4 is 34.4 Å². The molecular formula is C52H73IN2O4. The second-order valence-corrected chi connectivity index (χ2v) is 24.2. The first-order valence-corrected chi connectivity index (χ1v) is 24.9. The Kier molecular flexibility index (Phi) is 11.0. The summed E-state index contributed by atoms with van der Waals surface area (Å²) in [4.78, 5) is 24.5. The average Bonchev–Trinajstić information content (AvgIpc) is 3.71. The van der Waals surface area contributed by atoms with Gasteiger partial charge in [0.2, 0.25) is 11.8 Å². The third-order valence-electron chi connectivity index (χ3n) is 19.0. The predicted molar refractivity (Wildman–Crippen MR) is 245 cm³/mol. The van der Waals surface area contributed by atoms with Gasteiger partial charge in [-0.05, 0) is 184 Å². The second kappa shape index (κ2) is 15.5. The van der Waals surface area contributed by atoms with Crippen molar-refractivity contribution in [3.05, 3.63) is 59.7 Å². The number of carbonyl (C=O) groups excluding carboxylic acids is 2. The van der Waals surface area contributed by atoms with Gasteiger partial charge in [-0.15, -0.1) is 0 Å². The molecule has 0 spiro atoms. The number of aryl methyl sites for hydroxylation is 2. The largest absolute Gasteiger partial charge is 0.490 e. The van der Waals surface area contributed by atoms with Crippen LogP contribution in [0, 0.1) is 82.9 Å². The van der Waals surface area contributed by atoms with E-state index in [9.17, 15) is 9.59 Å². The first kappa shape index (κ1) is 42.0. The van der Waals surface area contributed by atoms with Crippen molar-refractivity contribution < 1.29 is 19.1 Å². The molecule has 2 N–H and O–H groups in total. The van der Waals surface area contributed by atoms with Gasteiger partial charge in [0.15, 0.2) is 0 Å². The fraction of sp³-hybridized carbons (Fsp3) is 0.731. The van der Waals surface area contributed by atoms with Crippen LogP contribution in [-0.4, -0.2) is 40.0 Å². The maximum atomic E-state index is 12.4. The number of ether oxygens (including phenoxy) is 2. The van der Waals surface area contributed by atoms with Crippen LogP contribution in [0.5, 0.6) is 11.5 Å². The third kappa shape index (κ3) is 7.47. The molecule has 8 aliphatic rings. The van der Waals surface area contributed by atoms with Gasteiger partial charge in [-0.25, -0.2) is 0 Å². The fourth-order valence-corrected chi connectivity index (χ4v) is 17.0. The van der Waals surface area contributed by atoms with E-state index < -0.39 is 0 Å². The lowest BCUT2D eigenvalue weighted by molar-refractivity contribution is -0.141. The van der Waals surface area contributed by atoms with E-state index in [1.807, 2.05) is 0 Å². The molecule has 0 bridgehead atoms. The first-order chi connectivity index (χ1) is 28.0. The Bertz CT molecular complexity index is 1890. The van der Waals surface area contributed by atoms with E-state index in [1.165, 1.54) is 62.5 Å². The molecule has 322 valence electrons. The number of halogens is 1. The molecule has 6 aliphatic carbocycles. The molecule has 8 fully saturated rings. The number of benzene rings is 2. The van der Waals surface area contributed by atoms with E-state index >= 15 is 0 Å². The number of nitrogens with one attached hydrogen (secondary N) is 2. The normalized spacial score (nSPS) is 47.0. The van der Waals surface area contributed by atoms with Crippen molar-refractivity contribution in [3.8, 4) is 11.5 Å². The van der Waals surface area contributed by atoms with Crippen molar-refractivity contribution in [1.29, 1.82) is 0 Å². The van der Waals surface area contributed by atoms with Crippen LogP contribution in [0.2, 0.25) is 0 Å².